The van der Waals surface area contributed by atoms with Crippen molar-refractivity contribution < 1.29 is 22.7 Å². The molecule has 4 nitrogen and oxygen atoms in total. The van der Waals surface area contributed by atoms with Crippen molar-refractivity contribution in [1.29, 1.82) is 0 Å². The lowest BCUT2D eigenvalue weighted by Gasteiger charge is -2.24. The van der Waals surface area contributed by atoms with Gasteiger partial charge in [0.1, 0.15) is 11.3 Å². The number of furan rings is 1. The minimum Gasteiger partial charge on any atom is -0.455 e. The molecule has 1 aliphatic rings. The van der Waals surface area contributed by atoms with Crippen molar-refractivity contribution in [1.82, 2.24) is 5.43 Å². The van der Waals surface area contributed by atoms with Crippen LogP contribution in [0.15, 0.2) is 39.9 Å². The molecule has 1 aromatic heterocycles. The van der Waals surface area contributed by atoms with Crippen LogP contribution in [0, 0.1) is 0 Å². The zero-order valence-corrected chi connectivity index (χ0v) is 9.53. The van der Waals surface area contributed by atoms with Gasteiger partial charge in [-0.05, 0) is 12.1 Å². The Balaban J connectivity index is 1.93. The lowest BCUT2D eigenvalue weighted by atomic mass is 10.1. The van der Waals surface area contributed by atoms with Gasteiger partial charge in [-0.15, -0.1) is 0 Å². The van der Waals surface area contributed by atoms with Gasteiger partial charge in [-0.25, -0.2) is 0 Å². The van der Waals surface area contributed by atoms with Gasteiger partial charge >= 0.3 is 6.18 Å². The highest BCUT2D eigenvalue weighted by atomic mass is 19.4. The van der Waals surface area contributed by atoms with Crippen molar-refractivity contribution in [3.63, 3.8) is 0 Å². The Hall–Kier alpha value is -2.02. The van der Waals surface area contributed by atoms with Crippen molar-refractivity contribution in [2.45, 2.75) is 18.3 Å². The van der Waals surface area contributed by atoms with Crippen LogP contribution in [0.2, 0.25) is 0 Å². The number of nitrogens with zero attached hydrogens (tertiary/aromatic N) is 1. The number of para-hydroxylation sites is 1. The van der Waals surface area contributed by atoms with Crippen LogP contribution in [0.1, 0.15) is 12.2 Å². The molecule has 0 saturated heterocycles. The first kappa shape index (κ1) is 12.0. The van der Waals surface area contributed by atoms with Crippen molar-refractivity contribution >= 4 is 16.7 Å². The van der Waals surface area contributed by atoms with Gasteiger partial charge in [0.2, 0.25) is 0 Å². The summed E-state index contributed by atoms with van der Waals surface area (Å²) in [5, 5.41) is 13.7. The summed E-state index contributed by atoms with van der Waals surface area (Å²) in [6.45, 7) is 0. The molecule has 2 heterocycles. The van der Waals surface area contributed by atoms with Crippen LogP contribution >= 0.6 is 0 Å². The van der Waals surface area contributed by atoms with Gasteiger partial charge in [-0.2, -0.15) is 18.3 Å². The van der Waals surface area contributed by atoms with Crippen LogP contribution in [-0.2, 0) is 0 Å². The maximum atomic E-state index is 12.6. The van der Waals surface area contributed by atoms with E-state index in [0.717, 1.165) is 5.39 Å². The largest absolute Gasteiger partial charge is 0.455 e. The van der Waals surface area contributed by atoms with Crippen LogP contribution in [0.3, 0.4) is 0 Å². The first-order valence-corrected chi connectivity index (χ1v) is 5.51. The third-order valence-corrected chi connectivity index (χ3v) is 2.98. The SMILES string of the molecule is O[C@@]1(C(F)(F)F)CC(c2cc3ccccc3o2)=NN1. The predicted molar refractivity (Wildman–Crippen MR) is 61.5 cm³/mol. The molecule has 0 aliphatic carbocycles. The number of benzene rings is 1. The molecule has 0 bridgehead atoms. The highest BCUT2D eigenvalue weighted by Crippen LogP contribution is 2.35. The third-order valence-electron chi connectivity index (χ3n) is 2.98. The standard InChI is InChI=1S/C12H9F3N2O2/c13-12(14,15)11(18)6-8(16-17-11)10-5-7-3-1-2-4-9(7)19-10/h1-5,17-18H,6H2/t11-/m1/s1. The number of nitrogens with one attached hydrogen (secondary N) is 1. The van der Waals surface area contributed by atoms with Crippen molar-refractivity contribution in [3.8, 4) is 0 Å². The summed E-state index contributed by atoms with van der Waals surface area (Å²) in [5.41, 5.74) is -0.706. The van der Waals surface area contributed by atoms with Gasteiger partial charge in [-0.1, -0.05) is 18.2 Å². The first-order valence-electron chi connectivity index (χ1n) is 5.51. The molecule has 0 amide bonds. The Labute approximate surface area is 105 Å². The maximum absolute atomic E-state index is 12.6. The minimum absolute atomic E-state index is 0.0380. The van der Waals surface area contributed by atoms with E-state index in [0.29, 0.717) is 5.58 Å². The number of alkyl halides is 3. The van der Waals surface area contributed by atoms with E-state index >= 15 is 0 Å². The summed E-state index contributed by atoms with van der Waals surface area (Å²) in [7, 11) is 0. The number of fused-ring (bicyclic) bond motifs is 1. The predicted octanol–water partition coefficient (Wildman–Crippen LogP) is 2.38. The van der Waals surface area contributed by atoms with Crippen LogP contribution < -0.4 is 5.43 Å². The monoisotopic (exact) mass is 270 g/mol. The minimum atomic E-state index is -4.80. The fourth-order valence-corrected chi connectivity index (χ4v) is 1.91. The van der Waals surface area contributed by atoms with Gasteiger partial charge in [-0.3, -0.25) is 5.43 Å². The van der Waals surface area contributed by atoms with Crippen molar-refractivity contribution in [2.75, 3.05) is 0 Å². The molecule has 1 aliphatic heterocycles. The van der Waals surface area contributed by atoms with E-state index in [1.54, 1.807) is 35.8 Å². The van der Waals surface area contributed by atoms with Crippen LogP contribution in [0.25, 0.3) is 11.0 Å². The molecule has 3 rings (SSSR count). The molecule has 2 N–H and O–H groups in total. The second kappa shape index (κ2) is 3.74. The van der Waals surface area contributed by atoms with Crippen LogP contribution in [-0.4, -0.2) is 22.7 Å². The summed E-state index contributed by atoms with van der Waals surface area (Å²) in [5.74, 6) is 0.217. The number of rotatable bonds is 1. The number of halogens is 3. The summed E-state index contributed by atoms with van der Waals surface area (Å²) >= 11 is 0. The van der Waals surface area contributed by atoms with E-state index in [1.165, 1.54) is 0 Å². The molecule has 0 spiro atoms. The molecule has 2 aromatic rings. The number of aliphatic hydroxyl groups is 1. The van der Waals surface area contributed by atoms with E-state index in [4.69, 9.17) is 4.42 Å². The number of hydrazone groups is 1. The van der Waals surface area contributed by atoms with E-state index < -0.39 is 18.3 Å². The van der Waals surface area contributed by atoms with Gasteiger partial charge in [0.25, 0.3) is 5.72 Å². The Bertz CT molecular complexity index is 629. The topological polar surface area (TPSA) is 57.8 Å². The highest BCUT2D eigenvalue weighted by molar-refractivity contribution is 6.02. The molecule has 7 heteroatoms. The second-order valence-electron chi connectivity index (χ2n) is 4.35. The Morgan fingerprint density at radius 3 is 2.68 bits per heavy atom. The van der Waals surface area contributed by atoms with Crippen LogP contribution in [0.4, 0.5) is 13.2 Å². The molecule has 0 saturated carbocycles. The van der Waals surface area contributed by atoms with Crippen molar-refractivity contribution in [3.05, 3.63) is 36.1 Å². The molecule has 1 aromatic carbocycles. The van der Waals surface area contributed by atoms with E-state index in [1.807, 2.05) is 0 Å². The smallest absolute Gasteiger partial charge is 0.438 e. The molecular weight excluding hydrogens is 261 g/mol. The second-order valence-corrected chi connectivity index (χ2v) is 4.35. The lowest BCUT2D eigenvalue weighted by Crippen LogP contribution is -2.52. The van der Waals surface area contributed by atoms with Gasteiger partial charge in [0.05, 0.1) is 6.42 Å². The van der Waals surface area contributed by atoms with Crippen LogP contribution in [0.5, 0.6) is 0 Å². The summed E-state index contributed by atoms with van der Waals surface area (Å²) < 4.78 is 43.3. The van der Waals surface area contributed by atoms with E-state index in [-0.39, 0.29) is 11.5 Å². The quantitative estimate of drug-likeness (QED) is 0.836. The highest BCUT2D eigenvalue weighted by Gasteiger charge is 2.57. The molecule has 0 fully saturated rings. The fourth-order valence-electron chi connectivity index (χ4n) is 1.91. The van der Waals surface area contributed by atoms with Gasteiger partial charge < -0.3 is 9.52 Å². The molecule has 100 valence electrons. The fraction of sp³-hybridized carbons (Fsp3) is 0.250. The third kappa shape index (κ3) is 1.86. The molecule has 19 heavy (non-hydrogen) atoms. The molecule has 0 radical (unpaired) electrons. The summed E-state index contributed by atoms with van der Waals surface area (Å²) in [4.78, 5) is 0. The Kier molecular flexibility index (Phi) is 2.37. The Morgan fingerprint density at radius 1 is 1.32 bits per heavy atom. The zero-order valence-electron chi connectivity index (χ0n) is 9.53. The van der Waals surface area contributed by atoms with E-state index in [2.05, 4.69) is 5.10 Å². The van der Waals surface area contributed by atoms with Gasteiger partial charge in [0, 0.05) is 5.39 Å². The average Bonchev–Trinajstić information content (AvgIpc) is 2.91. The average molecular weight is 270 g/mol. The number of hydrogen-bond donors (Lipinski definition) is 2. The molecule has 1 atom stereocenters. The van der Waals surface area contributed by atoms with E-state index in [9.17, 15) is 18.3 Å². The summed E-state index contributed by atoms with van der Waals surface area (Å²) in [6.07, 6.45) is -5.49. The maximum Gasteiger partial charge on any atom is 0.438 e. The normalized spacial score (nSPS) is 23.5. The summed E-state index contributed by atoms with van der Waals surface area (Å²) in [6, 6.07) is 8.63. The van der Waals surface area contributed by atoms with Crippen molar-refractivity contribution in [2.24, 2.45) is 5.10 Å². The van der Waals surface area contributed by atoms with Gasteiger partial charge in [0.15, 0.2) is 5.76 Å². The zero-order chi connectivity index (χ0) is 13.7. The first-order chi connectivity index (χ1) is 8.89. The lowest BCUT2D eigenvalue weighted by molar-refractivity contribution is -0.266. The molecular formula is C12H9F3N2O2. The molecule has 0 unspecified atom stereocenters. The Morgan fingerprint density at radius 2 is 2.05 bits per heavy atom. The number of hydrogen-bond acceptors (Lipinski definition) is 4.